The van der Waals surface area contributed by atoms with Crippen molar-refractivity contribution in [1.29, 1.82) is 0 Å². The summed E-state index contributed by atoms with van der Waals surface area (Å²) < 4.78 is 5.39. The van der Waals surface area contributed by atoms with Crippen molar-refractivity contribution in [1.82, 2.24) is 15.1 Å². The quantitative estimate of drug-likeness (QED) is 0.563. The number of benzene rings is 1. The van der Waals surface area contributed by atoms with Crippen LogP contribution in [0.2, 0.25) is 5.02 Å². The van der Waals surface area contributed by atoms with Gasteiger partial charge in [-0.3, -0.25) is 4.79 Å². The van der Waals surface area contributed by atoms with Crippen LogP contribution in [0.1, 0.15) is 38.4 Å². The molecule has 4 rings (SSSR count). The summed E-state index contributed by atoms with van der Waals surface area (Å²) in [7, 11) is 0. The number of amides is 1. The summed E-state index contributed by atoms with van der Waals surface area (Å²) in [6.07, 6.45) is 3.08. The number of halogens is 1. The molecule has 0 unspecified atom stereocenters. The lowest BCUT2D eigenvalue weighted by Crippen LogP contribution is -2.38. The number of nitrogens with zero attached hydrogens (tertiary/aromatic N) is 4. The van der Waals surface area contributed by atoms with Crippen LogP contribution in [0, 0.1) is 5.92 Å². The zero-order valence-corrected chi connectivity index (χ0v) is 18.1. The maximum atomic E-state index is 12.6. The van der Waals surface area contributed by atoms with Crippen molar-refractivity contribution in [2.45, 2.75) is 32.6 Å². The van der Waals surface area contributed by atoms with Crippen LogP contribution < -0.4 is 10.2 Å². The molecule has 0 bridgehead atoms. The maximum absolute atomic E-state index is 12.6. The van der Waals surface area contributed by atoms with Crippen LogP contribution in [0.15, 0.2) is 41.1 Å². The Morgan fingerprint density at radius 2 is 2.03 bits per heavy atom. The average molecular weight is 442 g/mol. The van der Waals surface area contributed by atoms with Crippen molar-refractivity contribution in [2.24, 2.45) is 5.92 Å². The Morgan fingerprint density at radius 1 is 1.26 bits per heavy atom. The van der Waals surface area contributed by atoms with E-state index in [2.05, 4.69) is 25.3 Å². The number of nitrogens with one attached hydrogen (secondary N) is 1. The van der Waals surface area contributed by atoms with Gasteiger partial charge in [0.25, 0.3) is 5.89 Å². The highest BCUT2D eigenvalue weighted by atomic mass is 35.5. The molecule has 1 saturated heterocycles. The first-order chi connectivity index (χ1) is 14.9. The van der Waals surface area contributed by atoms with Gasteiger partial charge in [-0.25, -0.2) is 4.98 Å². The summed E-state index contributed by atoms with van der Waals surface area (Å²) >= 11 is 5.96. The predicted octanol–water partition coefficient (Wildman–Crippen LogP) is 4.47. The molecular weight excluding hydrogens is 418 g/mol. The minimum absolute atomic E-state index is 0.00199. The first-order valence-electron chi connectivity index (χ1n) is 10.2. The van der Waals surface area contributed by atoms with Crippen LogP contribution in [0.25, 0.3) is 11.5 Å². The molecule has 1 amide bonds. The van der Waals surface area contributed by atoms with Gasteiger partial charge in [-0.15, -0.1) is 0 Å². The summed E-state index contributed by atoms with van der Waals surface area (Å²) in [5.41, 5.74) is 1.15. The van der Waals surface area contributed by atoms with Crippen molar-refractivity contribution in [3.8, 4) is 17.2 Å². The van der Waals surface area contributed by atoms with Crippen LogP contribution >= 0.6 is 11.6 Å². The molecular formula is C22H24ClN5O3. The Bertz CT molecular complexity index is 1080. The third kappa shape index (κ3) is 4.80. The minimum Gasteiger partial charge on any atom is -0.506 e. The van der Waals surface area contributed by atoms with Gasteiger partial charge in [-0.2, -0.15) is 4.98 Å². The standard InChI is InChI=1S/C22H24ClN5O3/c1-13(2)20-26-22(31-27-20)15-5-8-24-19(11-15)28-9-6-14(7-10-28)21(30)25-17-12-16(23)3-4-18(17)29/h3-5,8,11-14,29H,6-7,9-10H2,1-2H3,(H,25,30). The number of piperidine rings is 1. The zero-order valence-electron chi connectivity index (χ0n) is 17.4. The number of rotatable bonds is 5. The Balaban J connectivity index is 1.39. The topological polar surface area (TPSA) is 104 Å². The number of carbonyl (C=O) groups is 1. The molecule has 31 heavy (non-hydrogen) atoms. The van der Waals surface area contributed by atoms with Gasteiger partial charge in [0.05, 0.1) is 5.69 Å². The number of aromatic hydroxyl groups is 1. The first-order valence-corrected chi connectivity index (χ1v) is 10.6. The summed E-state index contributed by atoms with van der Waals surface area (Å²) in [4.78, 5) is 23.7. The highest BCUT2D eigenvalue weighted by Crippen LogP contribution is 2.30. The molecule has 1 aliphatic rings. The molecule has 9 heteroatoms. The zero-order chi connectivity index (χ0) is 22.0. The maximum Gasteiger partial charge on any atom is 0.258 e. The molecule has 162 valence electrons. The number of aromatic nitrogens is 3. The monoisotopic (exact) mass is 441 g/mol. The largest absolute Gasteiger partial charge is 0.506 e. The Labute approximate surface area is 185 Å². The van der Waals surface area contributed by atoms with E-state index in [0.717, 1.165) is 11.4 Å². The molecule has 3 aromatic rings. The molecule has 0 radical (unpaired) electrons. The second-order valence-electron chi connectivity index (χ2n) is 7.93. The van der Waals surface area contributed by atoms with E-state index in [1.165, 1.54) is 6.07 Å². The number of phenolic OH excluding ortho intramolecular Hbond substituents is 1. The van der Waals surface area contributed by atoms with Crippen LogP contribution in [-0.2, 0) is 4.79 Å². The summed E-state index contributed by atoms with van der Waals surface area (Å²) in [6, 6.07) is 8.36. The second-order valence-corrected chi connectivity index (χ2v) is 8.36. The van der Waals surface area contributed by atoms with Gasteiger partial charge < -0.3 is 19.8 Å². The summed E-state index contributed by atoms with van der Waals surface area (Å²) in [6.45, 7) is 5.41. The van der Waals surface area contributed by atoms with Crippen molar-refractivity contribution in [3.63, 3.8) is 0 Å². The average Bonchev–Trinajstić information content (AvgIpc) is 3.27. The van der Waals surface area contributed by atoms with Gasteiger partial charge in [0.2, 0.25) is 5.91 Å². The third-order valence-corrected chi connectivity index (χ3v) is 5.59. The van der Waals surface area contributed by atoms with E-state index < -0.39 is 0 Å². The van der Waals surface area contributed by atoms with Crippen molar-refractivity contribution in [2.75, 3.05) is 23.3 Å². The van der Waals surface area contributed by atoms with E-state index in [9.17, 15) is 9.90 Å². The van der Waals surface area contributed by atoms with Gasteiger partial charge in [-0.1, -0.05) is 30.6 Å². The highest BCUT2D eigenvalue weighted by Gasteiger charge is 2.26. The normalized spacial score (nSPS) is 14.8. The SMILES string of the molecule is CC(C)c1noc(-c2ccnc(N3CCC(C(=O)Nc4cc(Cl)ccc4O)CC3)c2)n1. The van der Waals surface area contributed by atoms with Gasteiger partial charge >= 0.3 is 0 Å². The van der Waals surface area contributed by atoms with Gasteiger partial charge in [0.15, 0.2) is 5.82 Å². The lowest BCUT2D eigenvalue weighted by atomic mass is 9.95. The summed E-state index contributed by atoms with van der Waals surface area (Å²) in [5.74, 6) is 1.88. The fourth-order valence-corrected chi connectivity index (χ4v) is 3.70. The number of anilines is 2. The molecule has 0 spiro atoms. The third-order valence-electron chi connectivity index (χ3n) is 5.36. The lowest BCUT2D eigenvalue weighted by molar-refractivity contribution is -0.120. The second kappa shape index (κ2) is 8.93. The molecule has 1 aliphatic heterocycles. The fraction of sp³-hybridized carbons (Fsp3) is 0.364. The number of hydrogen-bond donors (Lipinski definition) is 2. The molecule has 2 N–H and O–H groups in total. The van der Waals surface area contributed by atoms with Crippen LogP contribution in [-0.4, -0.2) is 39.2 Å². The smallest absolute Gasteiger partial charge is 0.258 e. The Hall–Kier alpha value is -3.13. The highest BCUT2D eigenvalue weighted by molar-refractivity contribution is 6.31. The molecule has 0 atom stereocenters. The summed E-state index contributed by atoms with van der Waals surface area (Å²) in [5, 5.41) is 17.2. The Kier molecular flexibility index (Phi) is 6.08. The number of carbonyl (C=O) groups excluding carboxylic acids is 1. The van der Waals surface area contributed by atoms with Crippen molar-refractivity contribution >= 4 is 29.0 Å². The Morgan fingerprint density at radius 3 is 2.74 bits per heavy atom. The van der Waals surface area contributed by atoms with E-state index in [0.29, 0.717) is 48.4 Å². The fourth-order valence-electron chi connectivity index (χ4n) is 3.52. The molecule has 2 aromatic heterocycles. The van der Waals surface area contributed by atoms with E-state index >= 15 is 0 Å². The van der Waals surface area contributed by atoms with Crippen LogP contribution in [0.3, 0.4) is 0 Å². The molecule has 1 aromatic carbocycles. The molecule has 3 heterocycles. The van der Waals surface area contributed by atoms with Crippen LogP contribution in [0.5, 0.6) is 5.75 Å². The van der Waals surface area contributed by atoms with Gasteiger partial charge in [0.1, 0.15) is 11.6 Å². The van der Waals surface area contributed by atoms with Crippen molar-refractivity contribution < 1.29 is 14.4 Å². The minimum atomic E-state index is -0.151. The number of hydrogen-bond acceptors (Lipinski definition) is 7. The van der Waals surface area contributed by atoms with E-state index in [1.54, 1.807) is 18.3 Å². The van der Waals surface area contributed by atoms with E-state index in [1.807, 2.05) is 26.0 Å². The van der Waals surface area contributed by atoms with Crippen LogP contribution in [0.4, 0.5) is 11.5 Å². The number of pyridine rings is 1. The van der Waals surface area contributed by atoms with Gasteiger partial charge in [0, 0.05) is 41.7 Å². The van der Waals surface area contributed by atoms with E-state index in [4.69, 9.17) is 16.1 Å². The van der Waals surface area contributed by atoms with Gasteiger partial charge in [-0.05, 0) is 43.2 Å². The molecule has 0 aliphatic carbocycles. The first kappa shape index (κ1) is 21.1. The van der Waals surface area contributed by atoms with E-state index in [-0.39, 0.29) is 23.5 Å². The van der Waals surface area contributed by atoms with Crippen molar-refractivity contribution in [3.05, 3.63) is 47.4 Å². The molecule has 1 fully saturated rings. The number of phenols is 1. The molecule has 8 nitrogen and oxygen atoms in total. The lowest BCUT2D eigenvalue weighted by Gasteiger charge is -2.32. The molecule has 0 saturated carbocycles. The predicted molar refractivity (Wildman–Crippen MR) is 118 cm³/mol.